The second kappa shape index (κ2) is 8.31. The Balaban J connectivity index is 1.30. The van der Waals surface area contributed by atoms with E-state index in [9.17, 15) is 0 Å². The topological polar surface area (TPSA) is 18.5 Å². The molecular formula is C31H38O2. The van der Waals surface area contributed by atoms with Crippen LogP contribution in [0, 0.1) is 23.2 Å². The third-order valence-corrected chi connectivity index (χ3v) is 9.10. The van der Waals surface area contributed by atoms with Crippen molar-refractivity contribution in [3.63, 3.8) is 0 Å². The number of ether oxygens (including phenoxy) is 2. The minimum absolute atomic E-state index is 0.251. The molecule has 174 valence electrons. The smallest absolute Gasteiger partial charge is 0.197 e. The van der Waals surface area contributed by atoms with Gasteiger partial charge in [-0.15, -0.1) is 0 Å². The van der Waals surface area contributed by atoms with Gasteiger partial charge < -0.3 is 9.47 Å². The van der Waals surface area contributed by atoms with Crippen molar-refractivity contribution in [2.45, 2.75) is 77.9 Å². The average molecular weight is 443 g/mol. The summed E-state index contributed by atoms with van der Waals surface area (Å²) in [6, 6.07) is 17.5. The number of fused-ring (bicyclic) bond motifs is 2. The molecule has 33 heavy (non-hydrogen) atoms. The van der Waals surface area contributed by atoms with Crippen molar-refractivity contribution < 1.29 is 9.47 Å². The van der Waals surface area contributed by atoms with Gasteiger partial charge in [-0.05, 0) is 97.3 Å². The van der Waals surface area contributed by atoms with Crippen LogP contribution in [0.4, 0.5) is 0 Å². The maximum Gasteiger partial charge on any atom is 0.197 e. The summed E-state index contributed by atoms with van der Waals surface area (Å²) in [6.07, 6.45) is 9.44. The molecule has 2 unspecified atom stereocenters. The monoisotopic (exact) mass is 442 g/mol. The summed E-state index contributed by atoms with van der Waals surface area (Å²) in [5.74, 6) is 4.34. The van der Waals surface area contributed by atoms with Crippen molar-refractivity contribution in [1.29, 1.82) is 0 Å². The van der Waals surface area contributed by atoms with Crippen LogP contribution in [-0.4, -0.2) is 12.9 Å². The van der Waals surface area contributed by atoms with E-state index in [4.69, 9.17) is 9.47 Å². The lowest BCUT2D eigenvalue weighted by molar-refractivity contribution is -0.146. The Hall–Kier alpha value is -2.06. The molecular weight excluding hydrogens is 404 g/mol. The Bertz CT molecular complexity index is 1070. The predicted octanol–water partition coefficient (Wildman–Crippen LogP) is 8.46. The van der Waals surface area contributed by atoms with E-state index in [0.29, 0.717) is 11.3 Å². The molecule has 0 radical (unpaired) electrons. The van der Waals surface area contributed by atoms with Gasteiger partial charge in [0.25, 0.3) is 0 Å². The summed E-state index contributed by atoms with van der Waals surface area (Å²) >= 11 is 0. The van der Waals surface area contributed by atoms with E-state index in [1.165, 1.54) is 65.6 Å². The zero-order valence-corrected chi connectivity index (χ0v) is 20.5. The van der Waals surface area contributed by atoms with Crippen LogP contribution in [0.15, 0.2) is 48.5 Å². The number of benzene rings is 3. The van der Waals surface area contributed by atoms with Gasteiger partial charge in [0.2, 0.25) is 0 Å². The summed E-state index contributed by atoms with van der Waals surface area (Å²) in [6.45, 7) is 7.57. The average Bonchev–Trinajstić information content (AvgIpc) is 2.81. The predicted molar refractivity (Wildman–Crippen MR) is 137 cm³/mol. The molecule has 0 aliphatic heterocycles. The molecule has 7 rings (SSSR count). The lowest BCUT2D eigenvalue weighted by Gasteiger charge is -2.56. The lowest BCUT2D eigenvalue weighted by atomic mass is 9.50. The molecule has 0 heterocycles. The molecule has 4 bridgehead atoms. The summed E-state index contributed by atoms with van der Waals surface area (Å²) < 4.78 is 13.2. The van der Waals surface area contributed by atoms with Crippen LogP contribution >= 0.6 is 0 Å². The maximum absolute atomic E-state index is 6.65. The molecule has 3 aromatic carbocycles. The molecule has 4 aliphatic rings. The number of hydrogen-bond donors (Lipinski definition) is 0. The molecule has 4 aliphatic carbocycles. The summed E-state index contributed by atoms with van der Waals surface area (Å²) in [5, 5.41) is 5.04. The Kier molecular flexibility index (Phi) is 5.41. The Morgan fingerprint density at radius 2 is 1.27 bits per heavy atom. The fourth-order valence-corrected chi connectivity index (χ4v) is 7.95. The summed E-state index contributed by atoms with van der Waals surface area (Å²) in [4.78, 5) is 0. The van der Waals surface area contributed by atoms with Gasteiger partial charge in [-0.2, -0.15) is 0 Å². The molecule has 0 N–H and O–H groups in total. The minimum Gasteiger partial charge on any atom is -0.464 e. The second-order valence-corrected chi connectivity index (χ2v) is 11.6. The minimum atomic E-state index is -0.251. The van der Waals surface area contributed by atoms with Crippen LogP contribution in [0.2, 0.25) is 0 Å². The second-order valence-electron chi connectivity index (χ2n) is 11.6. The van der Waals surface area contributed by atoms with Gasteiger partial charge in [-0.3, -0.25) is 0 Å². The quantitative estimate of drug-likeness (QED) is 0.270. The van der Waals surface area contributed by atoms with E-state index < -0.39 is 0 Å². The van der Waals surface area contributed by atoms with Gasteiger partial charge in [0.1, 0.15) is 5.75 Å². The van der Waals surface area contributed by atoms with Gasteiger partial charge in [-0.25, -0.2) is 0 Å². The van der Waals surface area contributed by atoms with Gasteiger partial charge in [-0.1, -0.05) is 62.4 Å². The zero-order valence-electron chi connectivity index (χ0n) is 20.5. The van der Waals surface area contributed by atoms with E-state index in [1.54, 1.807) is 0 Å². The molecule has 4 fully saturated rings. The number of hydrogen-bond acceptors (Lipinski definition) is 2. The van der Waals surface area contributed by atoms with Gasteiger partial charge in [0.15, 0.2) is 6.29 Å². The lowest BCUT2D eigenvalue weighted by Crippen LogP contribution is -2.48. The molecule has 0 saturated heterocycles. The third kappa shape index (κ3) is 3.75. The third-order valence-electron chi connectivity index (χ3n) is 9.10. The molecule has 0 aromatic heterocycles. The Labute approximate surface area is 198 Å². The van der Waals surface area contributed by atoms with E-state index >= 15 is 0 Å². The first-order valence-corrected chi connectivity index (χ1v) is 13.3. The van der Waals surface area contributed by atoms with Crippen LogP contribution in [0.5, 0.6) is 5.75 Å². The molecule has 4 saturated carbocycles. The van der Waals surface area contributed by atoms with Crippen LogP contribution in [0.3, 0.4) is 0 Å². The molecule has 0 spiro atoms. The van der Waals surface area contributed by atoms with Gasteiger partial charge in [0.05, 0.1) is 6.61 Å². The van der Waals surface area contributed by atoms with Crippen molar-refractivity contribution in [2.24, 2.45) is 23.2 Å². The van der Waals surface area contributed by atoms with Crippen LogP contribution in [0.25, 0.3) is 21.5 Å². The molecule has 2 atom stereocenters. The Morgan fingerprint density at radius 1 is 0.788 bits per heavy atom. The zero-order chi connectivity index (χ0) is 22.6. The van der Waals surface area contributed by atoms with Gasteiger partial charge >= 0.3 is 0 Å². The molecule has 0 amide bonds. The highest BCUT2D eigenvalue weighted by Crippen LogP contribution is 2.60. The Morgan fingerprint density at radius 3 is 1.76 bits per heavy atom. The maximum atomic E-state index is 6.65. The van der Waals surface area contributed by atoms with Crippen molar-refractivity contribution in [2.75, 3.05) is 6.61 Å². The summed E-state index contributed by atoms with van der Waals surface area (Å²) in [5.41, 5.74) is 1.86. The first-order valence-electron chi connectivity index (χ1n) is 13.3. The van der Waals surface area contributed by atoms with Crippen molar-refractivity contribution in [3.8, 4) is 5.75 Å². The highest BCUT2D eigenvalue weighted by atomic mass is 16.7. The highest BCUT2D eigenvalue weighted by Gasteiger charge is 2.51. The van der Waals surface area contributed by atoms with Gasteiger partial charge in [0, 0.05) is 10.8 Å². The van der Waals surface area contributed by atoms with Crippen LogP contribution < -0.4 is 4.74 Å². The standard InChI is InChI=1S/C31H38O2/c1-4-20(2)29-25-9-5-7-11-27(25)30(28-12-8-6-10-26(28)29)33-21(3)32-19-31-16-22-13-23(17-31)15-24(14-22)18-31/h5-12,20-24H,4,13-19H2,1-3H3. The van der Waals surface area contributed by atoms with Crippen molar-refractivity contribution in [3.05, 3.63) is 54.1 Å². The largest absolute Gasteiger partial charge is 0.464 e. The molecule has 2 nitrogen and oxygen atoms in total. The fourth-order valence-electron chi connectivity index (χ4n) is 7.95. The normalized spacial score (nSPS) is 30.1. The van der Waals surface area contributed by atoms with E-state index in [1.807, 2.05) is 0 Å². The molecule has 3 aromatic rings. The molecule has 2 heteroatoms. The van der Waals surface area contributed by atoms with Crippen LogP contribution in [0.1, 0.15) is 77.2 Å². The van der Waals surface area contributed by atoms with E-state index in [-0.39, 0.29) is 6.29 Å². The first kappa shape index (κ1) is 21.5. The first-order chi connectivity index (χ1) is 16.0. The van der Waals surface area contributed by atoms with Crippen molar-refractivity contribution in [1.82, 2.24) is 0 Å². The van der Waals surface area contributed by atoms with E-state index in [2.05, 4.69) is 69.3 Å². The van der Waals surface area contributed by atoms with Crippen molar-refractivity contribution >= 4 is 21.5 Å². The highest BCUT2D eigenvalue weighted by molar-refractivity contribution is 6.08. The van der Waals surface area contributed by atoms with E-state index in [0.717, 1.165) is 36.5 Å². The SMILES string of the molecule is CCC(C)c1c2ccccc2c(OC(C)OCC23CC4CC(CC(C4)C2)C3)c2ccccc12. The summed E-state index contributed by atoms with van der Waals surface area (Å²) in [7, 11) is 0. The fraction of sp³-hybridized carbons (Fsp3) is 0.548. The van der Waals surface area contributed by atoms with Crippen LogP contribution in [-0.2, 0) is 4.74 Å². The number of rotatable bonds is 7.